The minimum atomic E-state index is -1.19. The van der Waals surface area contributed by atoms with E-state index >= 15 is 0 Å². The van der Waals surface area contributed by atoms with Gasteiger partial charge in [-0.1, -0.05) is 29.8 Å². The van der Waals surface area contributed by atoms with Crippen LogP contribution in [0.5, 0.6) is 0 Å². The van der Waals surface area contributed by atoms with E-state index in [1.165, 1.54) is 12.1 Å². The molecule has 9 heteroatoms. The van der Waals surface area contributed by atoms with Gasteiger partial charge in [0.05, 0.1) is 38.9 Å². The van der Waals surface area contributed by atoms with Gasteiger partial charge in [0.25, 0.3) is 5.91 Å². The summed E-state index contributed by atoms with van der Waals surface area (Å²) >= 11 is 5.95. The second-order valence-corrected chi connectivity index (χ2v) is 8.52. The van der Waals surface area contributed by atoms with Gasteiger partial charge in [-0.25, -0.2) is 4.79 Å². The maximum atomic E-state index is 13.1. The lowest BCUT2D eigenvalue weighted by Gasteiger charge is -2.12. The summed E-state index contributed by atoms with van der Waals surface area (Å²) in [7, 11) is 0. The number of hydrogen-bond acceptors (Lipinski definition) is 6. The van der Waals surface area contributed by atoms with Gasteiger partial charge in [-0.2, -0.15) is 20.3 Å². The molecule has 0 unspecified atom stereocenters. The minimum absolute atomic E-state index is 0.0785. The summed E-state index contributed by atoms with van der Waals surface area (Å²) in [4.78, 5) is 24.5. The summed E-state index contributed by atoms with van der Waals surface area (Å²) in [5.74, 6) is -0.489. The number of hydrazone groups is 1. The molecular weight excluding hydrogens is 492 g/mol. The Morgan fingerprint density at radius 1 is 0.973 bits per heavy atom. The number of carboxylic acid groups (broad SMARTS) is 1. The average molecular weight is 511 g/mol. The molecule has 5 rings (SSSR count). The molecule has 8 nitrogen and oxygen atoms in total. The molecule has 1 N–H and O–H groups in total. The summed E-state index contributed by atoms with van der Waals surface area (Å²) in [6.45, 7) is 1.70. The fourth-order valence-electron chi connectivity index (χ4n) is 3.70. The number of nitrogens with zero attached hydrogens (tertiary/aromatic N) is 4. The number of rotatable bonds is 6. The molecule has 0 radical (unpaired) electrons. The zero-order valence-corrected chi connectivity index (χ0v) is 20.3. The van der Waals surface area contributed by atoms with Gasteiger partial charge in [-0.3, -0.25) is 4.79 Å². The van der Waals surface area contributed by atoms with Crippen LogP contribution in [0.1, 0.15) is 23.0 Å². The first-order valence-corrected chi connectivity index (χ1v) is 11.6. The van der Waals surface area contributed by atoms with Crippen molar-refractivity contribution < 1.29 is 19.1 Å². The Hall–Kier alpha value is -4.82. The lowest BCUT2D eigenvalue weighted by molar-refractivity contribution is -0.114. The van der Waals surface area contributed by atoms with Crippen molar-refractivity contribution in [2.24, 2.45) is 15.3 Å². The molecule has 37 heavy (non-hydrogen) atoms. The van der Waals surface area contributed by atoms with Crippen molar-refractivity contribution in [1.29, 1.82) is 0 Å². The van der Waals surface area contributed by atoms with Crippen molar-refractivity contribution in [2.45, 2.75) is 6.92 Å². The van der Waals surface area contributed by atoms with Gasteiger partial charge in [-0.05, 0) is 79.7 Å². The Labute approximate surface area is 216 Å². The van der Waals surface area contributed by atoms with Crippen LogP contribution in [0.4, 0.5) is 17.1 Å². The highest BCUT2D eigenvalue weighted by molar-refractivity contribution is 6.34. The van der Waals surface area contributed by atoms with E-state index in [1.807, 2.05) is 60.7 Å². The van der Waals surface area contributed by atoms with Crippen LogP contribution in [0.15, 0.2) is 110 Å². The van der Waals surface area contributed by atoms with Crippen molar-refractivity contribution in [2.75, 3.05) is 5.01 Å². The number of halogens is 1. The van der Waals surface area contributed by atoms with Crippen LogP contribution in [-0.2, 0) is 4.79 Å². The van der Waals surface area contributed by atoms with Gasteiger partial charge in [0, 0.05) is 5.56 Å². The van der Waals surface area contributed by atoms with Gasteiger partial charge < -0.3 is 9.52 Å². The van der Waals surface area contributed by atoms with Crippen LogP contribution in [0.25, 0.3) is 17.4 Å². The Morgan fingerprint density at radius 2 is 1.68 bits per heavy atom. The van der Waals surface area contributed by atoms with Crippen molar-refractivity contribution in [3.63, 3.8) is 0 Å². The maximum absolute atomic E-state index is 13.1. The fourth-order valence-corrected chi connectivity index (χ4v) is 3.90. The largest absolute Gasteiger partial charge is 0.478 e. The van der Waals surface area contributed by atoms with Crippen LogP contribution >= 0.6 is 11.6 Å². The topological polar surface area (TPSA) is 108 Å². The SMILES string of the molecule is CC1=NN(c2ccc(Cl)c(C(=O)O)c2)C(=O)/C1=C\c1ccc(-c2ccc(N=Nc3ccccc3)cc2)o1. The zero-order valence-electron chi connectivity index (χ0n) is 19.5. The molecule has 1 aliphatic heterocycles. The van der Waals surface area contributed by atoms with Crippen molar-refractivity contribution in [1.82, 2.24) is 0 Å². The zero-order chi connectivity index (χ0) is 25.9. The van der Waals surface area contributed by atoms with E-state index in [0.717, 1.165) is 16.3 Å². The van der Waals surface area contributed by atoms with E-state index in [2.05, 4.69) is 15.3 Å². The lowest BCUT2D eigenvalue weighted by atomic mass is 10.1. The fraction of sp³-hybridized carbons (Fsp3) is 0.0357. The van der Waals surface area contributed by atoms with Crippen molar-refractivity contribution >= 4 is 52.3 Å². The van der Waals surface area contributed by atoms with Gasteiger partial charge in [-0.15, -0.1) is 0 Å². The van der Waals surface area contributed by atoms with Crippen LogP contribution in [0, 0.1) is 0 Å². The number of aromatic carboxylic acids is 1. The second kappa shape index (κ2) is 10.0. The number of benzene rings is 3. The number of anilines is 1. The van der Waals surface area contributed by atoms with Gasteiger partial charge in [0.15, 0.2) is 0 Å². The highest BCUT2D eigenvalue weighted by Crippen LogP contribution is 2.30. The predicted molar refractivity (Wildman–Crippen MR) is 142 cm³/mol. The molecule has 3 aromatic carbocycles. The molecule has 182 valence electrons. The maximum Gasteiger partial charge on any atom is 0.337 e. The molecule has 1 amide bonds. The number of carbonyl (C=O) groups is 2. The molecule has 0 saturated carbocycles. The summed E-state index contributed by atoms with van der Waals surface area (Å²) in [6, 6.07) is 24.8. The third-order valence-electron chi connectivity index (χ3n) is 5.59. The Bertz CT molecular complexity index is 1590. The molecule has 1 aliphatic rings. The van der Waals surface area contributed by atoms with E-state index in [1.54, 1.807) is 25.1 Å². The van der Waals surface area contributed by atoms with Crippen LogP contribution in [0.3, 0.4) is 0 Å². The number of azo groups is 1. The summed E-state index contributed by atoms with van der Waals surface area (Å²) in [5.41, 5.74) is 3.33. The van der Waals surface area contributed by atoms with Gasteiger partial charge in [0.2, 0.25) is 0 Å². The molecule has 0 spiro atoms. The Kier molecular flexibility index (Phi) is 6.49. The Morgan fingerprint density at radius 3 is 2.38 bits per heavy atom. The van der Waals surface area contributed by atoms with E-state index in [9.17, 15) is 14.7 Å². The van der Waals surface area contributed by atoms with E-state index < -0.39 is 11.9 Å². The number of carboxylic acids is 1. The highest BCUT2D eigenvalue weighted by atomic mass is 35.5. The number of carbonyl (C=O) groups excluding carboxylic acids is 1. The molecule has 0 aliphatic carbocycles. The lowest BCUT2D eigenvalue weighted by Crippen LogP contribution is -2.21. The van der Waals surface area contributed by atoms with Gasteiger partial charge >= 0.3 is 5.97 Å². The number of furan rings is 1. The molecule has 2 heterocycles. The van der Waals surface area contributed by atoms with Crippen LogP contribution in [-0.4, -0.2) is 22.7 Å². The predicted octanol–water partition coefficient (Wildman–Crippen LogP) is 7.52. The third-order valence-corrected chi connectivity index (χ3v) is 5.92. The Balaban J connectivity index is 1.33. The third kappa shape index (κ3) is 5.10. The number of amides is 1. The molecular formula is C28H19ClN4O4. The van der Waals surface area contributed by atoms with Crippen molar-refractivity contribution in [3.05, 3.63) is 107 Å². The van der Waals surface area contributed by atoms with E-state index in [0.29, 0.717) is 34.2 Å². The van der Waals surface area contributed by atoms with Gasteiger partial charge in [0.1, 0.15) is 11.5 Å². The second-order valence-electron chi connectivity index (χ2n) is 8.11. The average Bonchev–Trinajstić information content (AvgIpc) is 3.49. The summed E-state index contributed by atoms with van der Waals surface area (Å²) in [6.07, 6.45) is 1.61. The standard InChI is InChI=1S/C28H19ClN4O4/c1-17-23(27(34)33(32-17)21-11-13-25(29)24(15-21)28(35)36)16-22-12-14-26(37-22)18-7-9-20(10-8-18)31-30-19-5-3-2-4-6-19/h2-16H,1H3,(H,35,36)/b23-16-,31-30?. The quantitative estimate of drug-likeness (QED) is 0.214. The molecule has 0 saturated heterocycles. The summed E-state index contributed by atoms with van der Waals surface area (Å²) in [5, 5.41) is 23.3. The molecule has 1 aromatic heterocycles. The minimum Gasteiger partial charge on any atom is -0.478 e. The molecule has 0 fully saturated rings. The van der Waals surface area contributed by atoms with Crippen LogP contribution in [0.2, 0.25) is 5.02 Å². The first kappa shape index (κ1) is 23.9. The molecule has 4 aromatic rings. The molecule has 0 bridgehead atoms. The number of hydrogen-bond donors (Lipinski definition) is 1. The molecule has 0 atom stereocenters. The first-order chi connectivity index (χ1) is 17.9. The summed E-state index contributed by atoms with van der Waals surface area (Å²) < 4.78 is 5.95. The highest BCUT2D eigenvalue weighted by Gasteiger charge is 2.30. The van der Waals surface area contributed by atoms with Crippen molar-refractivity contribution in [3.8, 4) is 11.3 Å². The normalized spacial score (nSPS) is 14.5. The van der Waals surface area contributed by atoms with Crippen LogP contribution < -0.4 is 5.01 Å². The van der Waals surface area contributed by atoms with E-state index in [4.69, 9.17) is 16.0 Å². The monoisotopic (exact) mass is 510 g/mol. The smallest absolute Gasteiger partial charge is 0.337 e. The van der Waals surface area contributed by atoms with E-state index in [-0.39, 0.29) is 10.6 Å². The first-order valence-electron chi connectivity index (χ1n) is 11.2.